The average Bonchev–Trinajstić information content (AvgIpc) is 3.40. The maximum atomic E-state index is 12.6. The zero-order valence-corrected chi connectivity index (χ0v) is 15.4. The van der Waals surface area contributed by atoms with E-state index in [-0.39, 0.29) is 11.6 Å². The molecule has 0 spiro atoms. The van der Waals surface area contributed by atoms with E-state index >= 15 is 0 Å². The Morgan fingerprint density at radius 3 is 2.46 bits per heavy atom. The number of benzene rings is 1. The van der Waals surface area contributed by atoms with Crippen molar-refractivity contribution in [1.29, 1.82) is 0 Å². The van der Waals surface area contributed by atoms with Crippen molar-refractivity contribution in [3.05, 3.63) is 60.0 Å². The fourth-order valence-electron chi connectivity index (χ4n) is 3.00. The van der Waals surface area contributed by atoms with Crippen molar-refractivity contribution in [2.24, 2.45) is 0 Å². The lowest BCUT2D eigenvalue weighted by Crippen LogP contribution is -2.47. The van der Waals surface area contributed by atoms with Crippen LogP contribution in [0.4, 0.5) is 5.69 Å². The van der Waals surface area contributed by atoms with Gasteiger partial charge >= 0.3 is 0 Å². The summed E-state index contributed by atoms with van der Waals surface area (Å²) in [6.07, 6.45) is 1.52. The summed E-state index contributed by atoms with van der Waals surface area (Å²) in [7, 11) is 2.05. The second-order valence-electron chi connectivity index (χ2n) is 6.68. The molecule has 1 aliphatic heterocycles. The fourth-order valence-corrected chi connectivity index (χ4v) is 3.00. The number of nitrogens with one attached hydrogen (secondary N) is 1. The van der Waals surface area contributed by atoms with E-state index < -0.39 is 5.91 Å². The molecule has 0 atom stereocenters. The highest BCUT2D eigenvalue weighted by atomic mass is 16.5. The molecule has 3 aromatic rings. The summed E-state index contributed by atoms with van der Waals surface area (Å²) in [5.41, 5.74) is 1.32. The van der Waals surface area contributed by atoms with Gasteiger partial charge in [0, 0.05) is 43.5 Å². The van der Waals surface area contributed by atoms with Crippen LogP contribution in [0.1, 0.15) is 20.8 Å². The summed E-state index contributed by atoms with van der Waals surface area (Å²) in [6.45, 7) is 3.19. The van der Waals surface area contributed by atoms with Gasteiger partial charge < -0.3 is 24.1 Å². The van der Waals surface area contributed by atoms with Gasteiger partial charge in [-0.25, -0.2) is 0 Å². The second kappa shape index (κ2) is 7.69. The Labute approximate surface area is 161 Å². The van der Waals surface area contributed by atoms with Crippen molar-refractivity contribution < 1.29 is 18.5 Å². The number of carbonyl (C=O) groups excluding carboxylic acids is 2. The monoisotopic (exact) mass is 380 g/mol. The molecule has 1 N–H and O–H groups in total. The summed E-state index contributed by atoms with van der Waals surface area (Å²) in [5, 5.41) is 6.51. The molecule has 0 bridgehead atoms. The molecule has 0 aliphatic carbocycles. The first kappa shape index (κ1) is 18.0. The molecule has 8 heteroatoms. The van der Waals surface area contributed by atoms with Crippen LogP contribution in [0.5, 0.6) is 0 Å². The number of nitrogens with zero attached hydrogens (tertiary/aromatic N) is 3. The van der Waals surface area contributed by atoms with Gasteiger partial charge in [-0.05, 0) is 43.4 Å². The SMILES string of the molecule is CN1CCN(C(=O)c2ccc(NC(=O)c3cc(-c4ccco4)on3)cc2)CC1. The smallest absolute Gasteiger partial charge is 0.277 e. The third-order valence-electron chi connectivity index (χ3n) is 4.69. The van der Waals surface area contributed by atoms with E-state index in [1.807, 2.05) is 11.9 Å². The molecule has 0 saturated carbocycles. The molecule has 8 nitrogen and oxygen atoms in total. The molecule has 0 unspecified atom stereocenters. The molecular weight excluding hydrogens is 360 g/mol. The minimum Gasteiger partial charge on any atom is -0.461 e. The molecule has 4 rings (SSSR count). The molecule has 1 aromatic carbocycles. The first-order valence-corrected chi connectivity index (χ1v) is 9.00. The largest absolute Gasteiger partial charge is 0.461 e. The Morgan fingerprint density at radius 1 is 1.04 bits per heavy atom. The van der Waals surface area contributed by atoms with Crippen molar-refractivity contribution in [2.45, 2.75) is 0 Å². The lowest BCUT2D eigenvalue weighted by Gasteiger charge is -2.32. The van der Waals surface area contributed by atoms with Crippen LogP contribution in [0.15, 0.2) is 57.7 Å². The number of carbonyl (C=O) groups is 2. The molecule has 144 valence electrons. The van der Waals surface area contributed by atoms with Crippen LogP contribution in [0.3, 0.4) is 0 Å². The highest BCUT2D eigenvalue weighted by molar-refractivity contribution is 6.03. The summed E-state index contributed by atoms with van der Waals surface area (Å²) < 4.78 is 10.4. The second-order valence-corrected chi connectivity index (χ2v) is 6.68. The molecule has 2 aromatic heterocycles. The quantitative estimate of drug-likeness (QED) is 0.748. The lowest BCUT2D eigenvalue weighted by atomic mass is 10.1. The Morgan fingerprint density at radius 2 is 1.79 bits per heavy atom. The van der Waals surface area contributed by atoms with Gasteiger partial charge in [-0.3, -0.25) is 9.59 Å². The van der Waals surface area contributed by atoms with Crippen LogP contribution in [0.2, 0.25) is 0 Å². The first-order chi connectivity index (χ1) is 13.6. The van der Waals surface area contributed by atoms with Crippen molar-refractivity contribution in [3.8, 4) is 11.5 Å². The van der Waals surface area contributed by atoms with Crippen LogP contribution in [0.25, 0.3) is 11.5 Å². The number of hydrogen-bond acceptors (Lipinski definition) is 6. The van der Waals surface area contributed by atoms with E-state index in [4.69, 9.17) is 8.94 Å². The van der Waals surface area contributed by atoms with E-state index in [1.54, 1.807) is 36.4 Å². The molecule has 1 saturated heterocycles. The molecule has 0 radical (unpaired) electrons. The number of piperazine rings is 1. The third-order valence-corrected chi connectivity index (χ3v) is 4.69. The van der Waals surface area contributed by atoms with Crippen LogP contribution >= 0.6 is 0 Å². The van der Waals surface area contributed by atoms with Crippen molar-refractivity contribution in [1.82, 2.24) is 15.0 Å². The summed E-state index contributed by atoms with van der Waals surface area (Å²) in [4.78, 5) is 29.0. The molecule has 3 heterocycles. The minimum absolute atomic E-state index is 0.00516. The van der Waals surface area contributed by atoms with Crippen LogP contribution in [-0.4, -0.2) is 60.0 Å². The van der Waals surface area contributed by atoms with Gasteiger partial charge in [0.05, 0.1) is 6.26 Å². The molecule has 28 heavy (non-hydrogen) atoms. The zero-order valence-electron chi connectivity index (χ0n) is 15.4. The van der Waals surface area contributed by atoms with Crippen molar-refractivity contribution >= 4 is 17.5 Å². The van der Waals surface area contributed by atoms with E-state index in [1.165, 1.54) is 12.3 Å². The van der Waals surface area contributed by atoms with Crippen molar-refractivity contribution in [3.63, 3.8) is 0 Å². The standard InChI is InChI=1S/C20H20N4O4/c1-23-8-10-24(11-9-23)20(26)14-4-6-15(7-5-14)21-19(25)16-13-18(28-22-16)17-3-2-12-27-17/h2-7,12-13H,8-11H2,1H3,(H,21,25). The Hall–Kier alpha value is -3.39. The number of aromatic nitrogens is 1. The summed E-state index contributed by atoms with van der Waals surface area (Å²) in [5.74, 6) is 0.479. The van der Waals surface area contributed by atoms with Gasteiger partial charge in [0.1, 0.15) is 0 Å². The zero-order chi connectivity index (χ0) is 19.5. The van der Waals surface area contributed by atoms with E-state index in [9.17, 15) is 9.59 Å². The third kappa shape index (κ3) is 3.81. The highest BCUT2D eigenvalue weighted by Crippen LogP contribution is 2.21. The van der Waals surface area contributed by atoms with Crippen LogP contribution < -0.4 is 5.32 Å². The molecular formula is C20H20N4O4. The van der Waals surface area contributed by atoms with Crippen molar-refractivity contribution in [2.75, 3.05) is 38.5 Å². The average molecular weight is 380 g/mol. The number of hydrogen-bond donors (Lipinski definition) is 1. The fraction of sp³-hybridized carbons (Fsp3) is 0.250. The number of likely N-dealkylation sites (N-methyl/N-ethyl adjacent to an activating group) is 1. The number of amides is 2. The first-order valence-electron chi connectivity index (χ1n) is 9.00. The van der Waals surface area contributed by atoms with Crippen LogP contribution in [-0.2, 0) is 0 Å². The van der Waals surface area contributed by atoms with Gasteiger partial charge in [-0.15, -0.1) is 0 Å². The maximum absolute atomic E-state index is 12.6. The highest BCUT2D eigenvalue weighted by Gasteiger charge is 2.20. The Bertz CT molecular complexity index is 955. The maximum Gasteiger partial charge on any atom is 0.277 e. The van der Waals surface area contributed by atoms with Gasteiger partial charge in [0.15, 0.2) is 11.5 Å². The van der Waals surface area contributed by atoms with Crippen LogP contribution in [0, 0.1) is 0 Å². The predicted octanol–water partition coefficient (Wildman–Crippen LogP) is 2.57. The van der Waals surface area contributed by atoms with Gasteiger partial charge in [-0.1, -0.05) is 5.16 Å². The normalized spacial score (nSPS) is 14.8. The van der Waals surface area contributed by atoms with Gasteiger partial charge in [0.25, 0.3) is 11.8 Å². The number of anilines is 1. The van der Waals surface area contributed by atoms with Gasteiger partial charge in [-0.2, -0.15) is 0 Å². The minimum atomic E-state index is -0.403. The molecule has 1 aliphatic rings. The Balaban J connectivity index is 1.39. The number of furan rings is 1. The molecule has 1 fully saturated rings. The molecule has 2 amide bonds. The summed E-state index contributed by atoms with van der Waals surface area (Å²) in [6, 6.07) is 11.8. The summed E-state index contributed by atoms with van der Waals surface area (Å²) >= 11 is 0. The van der Waals surface area contributed by atoms with E-state index in [0.717, 1.165) is 26.2 Å². The Kier molecular flexibility index (Phi) is 4.94. The number of rotatable bonds is 4. The van der Waals surface area contributed by atoms with E-state index in [0.29, 0.717) is 22.8 Å². The topological polar surface area (TPSA) is 91.8 Å². The van der Waals surface area contributed by atoms with E-state index in [2.05, 4.69) is 15.4 Å². The lowest BCUT2D eigenvalue weighted by molar-refractivity contribution is 0.0664. The predicted molar refractivity (Wildman–Crippen MR) is 102 cm³/mol. The van der Waals surface area contributed by atoms with Gasteiger partial charge in [0.2, 0.25) is 5.76 Å².